The number of benzene rings is 2. The zero-order chi connectivity index (χ0) is 22.6. The summed E-state index contributed by atoms with van der Waals surface area (Å²) in [5.74, 6) is 2.41. The van der Waals surface area contributed by atoms with Gasteiger partial charge >= 0.3 is 0 Å². The molecule has 0 radical (unpaired) electrons. The minimum Gasteiger partial charge on any atom is -0.497 e. The van der Waals surface area contributed by atoms with Gasteiger partial charge in [0.2, 0.25) is 0 Å². The zero-order valence-electron chi connectivity index (χ0n) is 18.3. The van der Waals surface area contributed by atoms with Crippen LogP contribution in [-0.4, -0.2) is 39.0 Å². The van der Waals surface area contributed by atoms with E-state index in [9.17, 15) is 0 Å². The third kappa shape index (κ3) is 4.18. The molecular weight excluding hydrogens is 416 g/mol. The first-order chi connectivity index (χ1) is 16.2. The van der Waals surface area contributed by atoms with Crippen molar-refractivity contribution in [2.75, 3.05) is 19.5 Å². The Kier molecular flexibility index (Phi) is 5.55. The van der Waals surface area contributed by atoms with Gasteiger partial charge in [-0.2, -0.15) is 5.10 Å². The Labute approximate surface area is 190 Å². The number of nitrogens with one attached hydrogen (secondary N) is 1. The topological polar surface area (TPSA) is 87.0 Å². The summed E-state index contributed by atoms with van der Waals surface area (Å²) in [6, 6.07) is 19.8. The van der Waals surface area contributed by atoms with E-state index in [0.717, 1.165) is 27.9 Å². The van der Waals surface area contributed by atoms with E-state index in [0.29, 0.717) is 29.6 Å². The lowest BCUT2D eigenvalue weighted by molar-refractivity contribution is 0.413. The van der Waals surface area contributed by atoms with Gasteiger partial charge in [0.1, 0.15) is 11.4 Å². The number of ether oxygens (including phenoxy) is 2. The SMILES string of the molecule is COc1ccc(Cn2nc(-c3ncc(OC)c(Nc4cccnc4)n3)c3ccccc32)cc1. The second-order valence-electron chi connectivity index (χ2n) is 7.35. The molecule has 5 rings (SSSR count). The molecular formula is C25H22N6O2. The molecule has 33 heavy (non-hydrogen) atoms. The molecule has 0 fully saturated rings. The number of para-hydroxylation sites is 1. The maximum atomic E-state index is 5.46. The molecule has 8 heteroatoms. The predicted molar refractivity (Wildman–Crippen MR) is 127 cm³/mol. The van der Waals surface area contributed by atoms with Crippen LogP contribution in [0.15, 0.2) is 79.3 Å². The molecule has 0 spiro atoms. The minimum absolute atomic E-state index is 0.506. The van der Waals surface area contributed by atoms with E-state index < -0.39 is 0 Å². The van der Waals surface area contributed by atoms with Gasteiger partial charge in [-0.15, -0.1) is 0 Å². The van der Waals surface area contributed by atoms with Gasteiger partial charge in [0, 0.05) is 11.6 Å². The van der Waals surface area contributed by atoms with Crippen LogP contribution in [0.4, 0.5) is 11.5 Å². The summed E-state index contributed by atoms with van der Waals surface area (Å²) >= 11 is 0. The van der Waals surface area contributed by atoms with E-state index >= 15 is 0 Å². The molecule has 8 nitrogen and oxygen atoms in total. The molecule has 0 atom stereocenters. The first-order valence-electron chi connectivity index (χ1n) is 10.4. The molecule has 0 bridgehead atoms. The summed E-state index contributed by atoms with van der Waals surface area (Å²) in [6.07, 6.45) is 5.09. The van der Waals surface area contributed by atoms with Crippen molar-refractivity contribution in [1.29, 1.82) is 0 Å². The summed E-state index contributed by atoms with van der Waals surface area (Å²) < 4.78 is 12.7. The highest BCUT2D eigenvalue weighted by Crippen LogP contribution is 2.31. The molecule has 0 unspecified atom stereocenters. The molecule has 0 aliphatic rings. The molecule has 0 aliphatic carbocycles. The molecule has 2 aromatic carbocycles. The normalized spacial score (nSPS) is 10.8. The van der Waals surface area contributed by atoms with Crippen molar-refractivity contribution in [3.63, 3.8) is 0 Å². The van der Waals surface area contributed by atoms with Crippen LogP contribution >= 0.6 is 0 Å². The summed E-state index contributed by atoms with van der Waals surface area (Å²) in [5.41, 5.74) is 3.63. The smallest absolute Gasteiger partial charge is 0.183 e. The number of pyridine rings is 1. The van der Waals surface area contributed by atoms with Gasteiger partial charge in [-0.1, -0.05) is 30.3 Å². The highest BCUT2D eigenvalue weighted by atomic mass is 16.5. The quantitative estimate of drug-likeness (QED) is 0.394. The van der Waals surface area contributed by atoms with Crippen LogP contribution in [0.25, 0.3) is 22.4 Å². The van der Waals surface area contributed by atoms with Crippen molar-refractivity contribution in [1.82, 2.24) is 24.7 Å². The lowest BCUT2D eigenvalue weighted by Gasteiger charge is -2.10. The monoisotopic (exact) mass is 438 g/mol. The van der Waals surface area contributed by atoms with Crippen molar-refractivity contribution in [2.45, 2.75) is 6.54 Å². The minimum atomic E-state index is 0.506. The third-order valence-electron chi connectivity index (χ3n) is 5.26. The molecule has 0 aliphatic heterocycles. The molecule has 0 saturated carbocycles. The first-order valence-corrected chi connectivity index (χ1v) is 10.4. The van der Waals surface area contributed by atoms with Crippen LogP contribution in [0.2, 0.25) is 0 Å². The average molecular weight is 438 g/mol. The van der Waals surface area contributed by atoms with Crippen molar-refractivity contribution in [2.24, 2.45) is 0 Å². The van der Waals surface area contributed by atoms with Crippen LogP contribution in [0.1, 0.15) is 5.56 Å². The second kappa shape index (κ2) is 8.96. The highest BCUT2D eigenvalue weighted by molar-refractivity contribution is 5.92. The van der Waals surface area contributed by atoms with Crippen LogP contribution in [-0.2, 0) is 6.54 Å². The Morgan fingerprint density at radius 1 is 0.909 bits per heavy atom. The maximum absolute atomic E-state index is 5.46. The van der Waals surface area contributed by atoms with Gasteiger partial charge in [0.05, 0.1) is 44.4 Å². The molecule has 164 valence electrons. The van der Waals surface area contributed by atoms with Gasteiger partial charge in [-0.05, 0) is 35.9 Å². The van der Waals surface area contributed by atoms with Crippen LogP contribution in [0.3, 0.4) is 0 Å². The number of nitrogens with zero attached hydrogens (tertiary/aromatic N) is 5. The van der Waals surface area contributed by atoms with Crippen molar-refractivity contribution >= 4 is 22.4 Å². The fourth-order valence-corrected chi connectivity index (χ4v) is 3.61. The predicted octanol–water partition coefficient (Wildman–Crippen LogP) is 4.70. The van der Waals surface area contributed by atoms with Gasteiger partial charge < -0.3 is 14.8 Å². The van der Waals surface area contributed by atoms with Crippen molar-refractivity contribution in [3.8, 4) is 23.0 Å². The fraction of sp³-hybridized carbons (Fsp3) is 0.120. The number of anilines is 2. The second-order valence-corrected chi connectivity index (χ2v) is 7.35. The zero-order valence-corrected chi connectivity index (χ0v) is 18.3. The Balaban J connectivity index is 1.55. The van der Waals surface area contributed by atoms with E-state index in [1.807, 2.05) is 65.3 Å². The molecule has 5 aromatic rings. The first kappa shape index (κ1) is 20.4. The van der Waals surface area contributed by atoms with Gasteiger partial charge in [-0.3, -0.25) is 9.67 Å². The number of methoxy groups -OCH3 is 2. The van der Waals surface area contributed by atoms with Gasteiger partial charge in [0.25, 0.3) is 0 Å². The summed E-state index contributed by atoms with van der Waals surface area (Å²) in [5, 5.41) is 9.11. The molecule has 0 saturated heterocycles. The highest BCUT2D eigenvalue weighted by Gasteiger charge is 2.17. The summed E-state index contributed by atoms with van der Waals surface area (Å²) in [4.78, 5) is 13.4. The van der Waals surface area contributed by atoms with E-state index in [2.05, 4.69) is 15.3 Å². The van der Waals surface area contributed by atoms with E-state index in [1.165, 1.54) is 0 Å². The van der Waals surface area contributed by atoms with E-state index in [1.54, 1.807) is 32.8 Å². The Morgan fingerprint density at radius 3 is 2.52 bits per heavy atom. The van der Waals surface area contributed by atoms with E-state index in [-0.39, 0.29) is 0 Å². The largest absolute Gasteiger partial charge is 0.497 e. The molecule has 0 amide bonds. The lowest BCUT2D eigenvalue weighted by Crippen LogP contribution is -2.03. The van der Waals surface area contributed by atoms with Crippen LogP contribution in [0.5, 0.6) is 11.5 Å². The van der Waals surface area contributed by atoms with Crippen LogP contribution < -0.4 is 14.8 Å². The Hall–Kier alpha value is -4.46. The number of fused-ring (bicyclic) bond motifs is 1. The molecule has 3 aromatic heterocycles. The summed E-state index contributed by atoms with van der Waals surface area (Å²) in [6.45, 7) is 0.613. The van der Waals surface area contributed by atoms with Crippen LogP contribution in [0, 0.1) is 0 Å². The number of rotatable bonds is 7. The molecule has 1 N–H and O–H groups in total. The van der Waals surface area contributed by atoms with Gasteiger partial charge in [-0.25, -0.2) is 9.97 Å². The number of aromatic nitrogens is 5. The van der Waals surface area contributed by atoms with Gasteiger partial charge in [0.15, 0.2) is 17.4 Å². The number of hydrogen-bond acceptors (Lipinski definition) is 7. The fourth-order valence-electron chi connectivity index (χ4n) is 3.61. The third-order valence-corrected chi connectivity index (χ3v) is 5.26. The number of hydrogen-bond donors (Lipinski definition) is 1. The van der Waals surface area contributed by atoms with Crippen molar-refractivity contribution < 1.29 is 9.47 Å². The molecule has 3 heterocycles. The maximum Gasteiger partial charge on any atom is 0.183 e. The Bertz CT molecular complexity index is 1380. The van der Waals surface area contributed by atoms with E-state index in [4.69, 9.17) is 19.6 Å². The standard InChI is InChI=1S/C25H22N6O2/c1-32-19-11-9-17(10-12-19)16-31-21-8-4-3-7-20(21)23(30-31)25-27-15-22(33-2)24(29-25)28-18-6-5-13-26-14-18/h3-15H,16H2,1-2H3,(H,27,28,29). The Morgan fingerprint density at radius 2 is 1.76 bits per heavy atom. The lowest BCUT2D eigenvalue weighted by atomic mass is 10.2. The summed E-state index contributed by atoms with van der Waals surface area (Å²) in [7, 11) is 3.25. The van der Waals surface area contributed by atoms with Crippen molar-refractivity contribution in [3.05, 3.63) is 84.8 Å². The average Bonchev–Trinajstić information content (AvgIpc) is 3.23.